The molecule has 0 amide bonds. The van der Waals surface area contributed by atoms with E-state index in [0.717, 1.165) is 25.0 Å². The number of anilines is 1. The summed E-state index contributed by atoms with van der Waals surface area (Å²) in [6.07, 6.45) is -1.41. The zero-order valence-corrected chi connectivity index (χ0v) is 23.3. The van der Waals surface area contributed by atoms with Crippen molar-refractivity contribution < 1.29 is 28.1 Å². The molecule has 0 bridgehead atoms. The Morgan fingerprint density at radius 3 is 2.76 bits per heavy atom. The maximum Gasteiger partial charge on any atom is 0.416 e. The van der Waals surface area contributed by atoms with Gasteiger partial charge in [-0.1, -0.05) is 11.6 Å². The Kier molecular flexibility index (Phi) is 8.14. The molecule has 3 aromatic heterocycles. The van der Waals surface area contributed by atoms with Crippen LogP contribution in [-0.4, -0.2) is 88.1 Å². The first-order valence-corrected chi connectivity index (χ1v) is 13.7. The van der Waals surface area contributed by atoms with Crippen LogP contribution in [0, 0.1) is 0 Å². The van der Waals surface area contributed by atoms with Crippen LogP contribution in [0.5, 0.6) is 0 Å². The quantitative estimate of drug-likeness (QED) is 0.202. The number of aliphatic hydroxyl groups excluding tert-OH is 1. The van der Waals surface area contributed by atoms with E-state index in [0.29, 0.717) is 42.0 Å². The maximum atomic E-state index is 13.1. The van der Waals surface area contributed by atoms with Gasteiger partial charge in [-0.3, -0.25) is 4.90 Å². The van der Waals surface area contributed by atoms with Crippen molar-refractivity contribution in [3.8, 4) is 0 Å². The largest absolute Gasteiger partial charge is 0.416 e. The third-order valence-corrected chi connectivity index (χ3v) is 7.78. The van der Waals surface area contributed by atoms with E-state index in [2.05, 4.69) is 29.8 Å². The maximum absolute atomic E-state index is 13.1. The highest BCUT2D eigenvalue weighted by Gasteiger charge is 2.49. The molecule has 0 unspecified atom stereocenters. The predicted octanol–water partition coefficient (Wildman–Crippen LogP) is 3.18. The van der Waals surface area contributed by atoms with E-state index in [-0.39, 0.29) is 35.6 Å². The monoisotopic (exact) mass is 596 g/mol. The number of benzene rings is 1. The number of alkyl halides is 3. The summed E-state index contributed by atoms with van der Waals surface area (Å²) in [4.78, 5) is 21.8. The van der Waals surface area contributed by atoms with E-state index in [9.17, 15) is 23.4 Å². The van der Waals surface area contributed by atoms with Gasteiger partial charge < -0.3 is 30.2 Å². The Hall–Kier alpha value is -3.04. The molecule has 41 heavy (non-hydrogen) atoms. The van der Waals surface area contributed by atoms with E-state index in [1.165, 1.54) is 12.7 Å². The number of hydrogen-bond acceptors (Lipinski definition) is 9. The van der Waals surface area contributed by atoms with Crippen LogP contribution in [0.3, 0.4) is 0 Å². The lowest BCUT2D eigenvalue weighted by Crippen LogP contribution is -2.50. The minimum atomic E-state index is -4.49. The number of nitrogen functional groups attached to an aromatic ring is 1. The molecule has 4 aromatic rings. The number of rotatable bonds is 10. The Balaban J connectivity index is 1.16. The van der Waals surface area contributed by atoms with Gasteiger partial charge in [0.05, 0.1) is 41.7 Å². The van der Waals surface area contributed by atoms with Crippen LogP contribution in [0.1, 0.15) is 38.1 Å². The van der Waals surface area contributed by atoms with Crippen LogP contribution >= 0.6 is 11.6 Å². The zero-order chi connectivity index (χ0) is 29.5. The SMILES string of the molecule is CC(C)N(CCCCc1nc2c(Cl)cc(C(F)(F)F)cc2[nH]1)C[C@H]1OC[C@@](O)(Cn2cnc3c(N)ncnc32)[C@@H]1O. The summed E-state index contributed by atoms with van der Waals surface area (Å²) in [5, 5.41) is 22.3. The van der Waals surface area contributed by atoms with Crippen molar-refractivity contribution in [1.82, 2.24) is 34.4 Å². The molecule has 1 fully saturated rings. The topological polar surface area (TPSA) is 151 Å². The van der Waals surface area contributed by atoms with E-state index < -0.39 is 29.5 Å². The normalized spacial score (nSPS) is 21.7. The van der Waals surface area contributed by atoms with E-state index in [1.807, 2.05) is 13.8 Å². The number of unbranched alkanes of at least 4 members (excludes halogenated alkanes) is 1. The number of H-pyrrole nitrogens is 1. The van der Waals surface area contributed by atoms with E-state index in [4.69, 9.17) is 22.1 Å². The predicted molar refractivity (Wildman–Crippen MR) is 146 cm³/mol. The molecule has 0 radical (unpaired) electrons. The van der Waals surface area contributed by atoms with Gasteiger partial charge in [0, 0.05) is 19.0 Å². The zero-order valence-electron chi connectivity index (χ0n) is 22.6. The lowest BCUT2D eigenvalue weighted by Gasteiger charge is -2.32. The second-order valence-electron chi connectivity index (χ2n) is 10.8. The lowest BCUT2D eigenvalue weighted by molar-refractivity contribution is -0.137. The first kappa shape index (κ1) is 29.5. The van der Waals surface area contributed by atoms with Gasteiger partial charge in [0.15, 0.2) is 11.5 Å². The van der Waals surface area contributed by atoms with Crippen LogP contribution in [0.15, 0.2) is 24.8 Å². The van der Waals surface area contributed by atoms with Crippen molar-refractivity contribution in [2.24, 2.45) is 0 Å². The summed E-state index contributed by atoms with van der Waals surface area (Å²) in [5.41, 5.74) is 4.93. The van der Waals surface area contributed by atoms with Gasteiger partial charge in [-0.25, -0.2) is 19.9 Å². The summed E-state index contributed by atoms with van der Waals surface area (Å²) in [5.74, 6) is 0.796. The van der Waals surface area contributed by atoms with Crippen molar-refractivity contribution in [2.75, 3.05) is 25.4 Å². The van der Waals surface area contributed by atoms with Gasteiger partial charge in [0.2, 0.25) is 0 Å². The van der Waals surface area contributed by atoms with Crippen LogP contribution in [-0.2, 0) is 23.9 Å². The van der Waals surface area contributed by atoms with Crippen LogP contribution in [0.25, 0.3) is 22.2 Å². The second kappa shape index (κ2) is 11.3. The van der Waals surface area contributed by atoms with Gasteiger partial charge in [0.1, 0.15) is 34.9 Å². The highest BCUT2D eigenvalue weighted by molar-refractivity contribution is 6.35. The van der Waals surface area contributed by atoms with Crippen molar-refractivity contribution >= 4 is 39.6 Å². The van der Waals surface area contributed by atoms with Crippen molar-refractivity contribution in [2.45, 2.75) is 69.7 Å². The fourth-order valence-corrected chi connectivity index (χ4v) is 5.44. The molecule has 222 valence electrons. The molecule has 0 aliphatic carbocycles. The standard InChI is InChI=1S/C26H32ClF3N8O3/c1-14(2)37(6-4-3-5-19-35-17-8-15(26(28,29)30)7-16(27)20(17)36-19)9-18-22(39)25(40,11-41-18)10-38-13-34-21-23(31)32-12-33-24(21)38/h7-8,12-14,18,22,39-40H,3-6,9-11H2,1-2H3,(H,35,36)(H2,31,32,33)/t18-,22-,25+/m1/s1. The number of nitrogens with two attached hydrogens (primary N) is 1. The summed E-state index contributed by atoms with van der Waals surface area (Å²) in [6.45, 7) is 5.12. The number of aliphatic hydroxyl groups is 2. The molecule has 5 N–H and O–H groups in total. The van der Waals surface area contributed by atoms with E-state index >= 15 is 0 Å². The van der Waals surface area contributed by atoms with Gasteiger partial charge in [-0.15, -0.1) is 0 Å². The summed E-state index contributed by atoms with van der Waals surface area (Å²) < 4.78 is 46.8. The number of aromatic nitrogens is 6. The third kappa shape index (κ3) is 6.11. The number of halogens is 4. The van der Waals surface area contributed by atoms with Crippen LogP contribution in [0.2, 0.25) is 5.02 Å². The van der Waals surface area contributed by atoms with Gasteiger partial charge in [0.25, 0.3) is 0 Å². The molecule has 15 heteroatoms. The number of fused-ring (bicyclic) bond motifs is 2. The molecular formula is C26H32ClF3N8O3. The van der Waals surface area contributed by atoms with Crippen LogP contribution < -0.4 is 5.73 Å². The third-order valence-electron chi connectivity index (χ3n) is 7.49. The number of ether oxygens (including phenoxy) is 1. The van der Waals surface area contributed by atoms with Crippen molar-refractivity contribution in [3.05, 3.63) is 41.2 Å². The highest BCUT2D eigenvalue weighted by Crippen LogP contribution is 2.34. The second-order valence-corrected chi connectivity index (χ2v) is 11.2. The molecule has 1 aliphatic rings. The number of hydrogen-bond donors (Lipinski definition) is 4. The molecule has 0 saturated carbocycles. The summed E-state index contributed by atoms with van der Waals surface area (Å²) >= 11 is 6.05. The summed E-state index contributed by atoms with van der Waals surface area (Å²) in [7, 11) is 0. The number of imidazole rings is 2. The lowest BCUT2D eigenvalue weighted by atomic mass is 9.95. The molecule has 4 heterocycles. The molecule has 5 rings (SSSR count). The average Bonchev–Trinajstić information content (AvgIpc) is 3.58. The number of aryl methyl sites for hydroxylation is 1. The molecule has 1 aliphatic heterocycles. The van der Waals surface area contributed by atoms with Gasteiger partial charge in [-0.2, -0.15) is 13.2 Å². The minimum absolute atomic E-state index is 0.0191. The molecule has 1 saturated heterocycles. The first-order chi connectivity index (χ1) is 19.4. The Morgan fingerprint density at radius 1 is 1.24 bits per heavy atom. The molecule has 3 atom stereocenters. The van der Waals surface area contributed by atoms with Gasteiger partial charge in [-0.05, 0) is 45.4 Å². The molecule has 11 nitrogen and oxygen atoms in total. The Labute approximate surface area is 238 Å². The first-order valence-electron chi connectivity index (χ1n) is 13.3. The van der Waals surface area contributed by atoms with Crippen molar-refractivity contribution in [1.29, 1.82) is 0 Å². The number of aromatic amines is 1. The molecular weight excluding hydrogens is 565 g/mol. The Morgan fingerprint density at radius 2 is 2.02 bits per heavy atom. The smallest absolute Gasteiger partial charge is 0.387 e. The average molecular weight is 597 g/mol. The minimum Gasteiger partial charge on any atom is -0.387 e. The molecule has 0 spiro atoms. The number of nitrogens with one attached hydrogen (secondary N) is 1. The molecule has 1 aromatic carbocycles. The van der Waals surface area contributed by atoms with E-state index in [1.54, 1.807) is 4.57 Å². The van der Waals surface area contributed by atoms with Gasteiger partial charge >= 0.3 is 6.18 Å². The number of nitrogens with zero attached hydrogens (tertiary/aromatic N) is 6. The fourth-order valence-electron chi connectivity index (χ4n) is 5.18. The Bertz CT molecular complexity index is 1530. The summed E-state index contributed by atoms with van der Waals surface area (Å²) in [6, 6.07) is 2.05. The fraction of sp³-hybridized carbons (Fsp3) is 0.538. The highest BCUT2D eigenvalue weighted by atomic mass is 35.5. The van der Waals surface area contributed by atoms with Crippen molar-refractivity contribution in [3.63, 3.8) is 0 Å². The van der Waals surface area contributed by atoms with Crippen LogP contribution in [0.4, 0.5) is 19.0 Å².